The number of hydrogen-bond donors (Lipinski definition) is 1. The standard InChI is InChI=1S/C17H15ClN4OS/c1-11-13(8-9-15(18)20-11)17(23)21-16-14(24-2)10-19-22(16)12-6-4-3-5-7-12/h3-10H,1-2H3,(H,21,23). The van der Waals surface area contributed by atoms with Crippen LogP contribution in [0.5, 0.6) is 0 Å². The lowest BCUT2D eigenvalue weighted by Crippen LogP contribution is -2.17. The number of anilines is 1. The maximum atomic E-state index is 12.7. The molecule has 0 spiro atoms. The first-order valence-corrected chi connectivity index (χ1v) is 8.82. The number of aryl methyl sites for hydroxylation is 1. The predicted octanol–water partition coefficient (Wildman–Crippen LogP) is 4.20. The topological polar surface area (TPSA) is 59.8 Å². The van der Waals surface area contributed by atoms with E-state index in [9.17, 15) is 4.79 Å². The van der Waals surface area contributed by atoms with Gasteiger partial charge in [-0.25, -0.2) is 9.67 Å². The highest BCUT2D eigenvalue weighted by Gasteiger charge is 2.17. The van der Waals surface area contributed by atoms with Crippen LogP contribution in [0.2, 0.25) is 5.15 Å². The van der Waals surface area contributed by atoms with Gasteiger partial charge in [0, 0.05) is 0 Å². The van der Waals surface area contributed by atoms with Crippen LogP contribution in [-0.4, -0.2) is 26.9 Å². The van der Waals surface area contributed by atoms with Gasteiger partial charge in [0.1, 0.15) is 11.0 Å². The maximum absolute atomic E-state index is 12.7. The lowest BCUT2D eigenvalue weighted by atomic mass is 10.2. The normalized spacial score (nSPS) is 10.6. The number of carbonyl (C=O) groups excluding carboxylic acids is 1. The molecular formula is C17H15ClN4OS. The van der Waals surface area contributed by atoms with E-state index in [0.717, 1.165) is 10.6 Å². The molecule has 0 aliphatic carbocycles. The number of hydrogen-bond acceptors (Lipinski definition) is 4. The Morgan fingerprint density at radius 1 is 1.21 bits per heavy atom. The summed E-state index contributed by atoms with van der Waals surface area (Å²) >= 11 is 7.38. The van der Waals surface area contributed by atoms with Crippen molar-refractivity contribution in [1.82, 2.24) is 14.8 Å². The summed E-state index contributed by atoms with van der Waals surface area (Å²) in [5, 5.41) is 7.69. The second-order valence-electron chi connectivity index (χ2n) is 5.03. The van der Waals surface area contributed by atoms with Gasteiger partial charge in [0.15, 0.2) is 0 Å². The summed E-state index contributed by atoms with van der Waals surface area (Å²) < 4.78 is 1.71. The van der Waals surface area contributed by atoms with E-state index in [1.165, 1.54) is 11.8 Å². The van der Waals surface area contributed by atoms with Crippen LogP contribution < -0.4 is 5.32 Å². The molecule has 1 amide bonds. The molecule has 0 saturated heterocycles. The van der Waals surface area contributed by atoms with Gasteiger partial charge in [-0.05, 0) is 37.4 Å². The number of aromatic nitrogens is 3. The van der Waals surface area contributed by atoms with Crippen molar-refractivity contribution >= 4 is 35.1 Å². The summed E-state index contributed by atoms with van der Waals surface area (Å²) in [6.45, 7) is 1.75. The molecule has 0 unspecified atom stereocenters. The Balaban J connectivity index is 1.97. The molecule has 1 aromatic carbocycles. The van der Waals surface area contributed by atoms with Gasteiger partial charge in [-0.2, -0.15) is 5.10 Å². The van der Waals surface area contributed by atoms with E-state index < -0.39 is 0 Å². The first kappa shape index (κ1) is 16.5. The molecule has 0 saturated carbocycles. The minimum Gasteiger partial charge on any atom is -0.305 e. The number of thioether (sulfide) groups is 1. The molecule has 5 nitrogen and oxygen atoms in total. The van der Waals surface area contributed by atoms with Crippen LogP contribution in [-0.2, 0) is 0 Å². The number of para-hydroxylation sites is 1. The van der Waals surface area contributed by atoms with E-state index in [0.29, 0.717) is 22.2 Å². The van der Waals surface area contributed by atoms with Gasteiger partial charge in [0.05, 0.1) is 28.0 Å². The van der Waals surface area contributed by atoms with E-state index in [1.54, 1.807) is 29.9 Å². The Kier molecular flexibility index (Phi) is 4.87. The van der Waals surface area contributed by atoms with Gasteiger partial charge in [-0.1, -0.05) is 29.8 Å². The molecular weight excluding hydrogens is 344 g/mol. The van der Waals surface area contributed by atoms with Crippen molar-refractivity contribution in [3.8, 4) is 5.69 Å². The number of nitrogens with one attached hydrogen (secondary N) is 1. The third kappa shape index (κ3) is 3.29. The summed E-state index contributed by atoms with van der Waals surface area (Å²) in [4.78, 5) is 17.7. The highest BCUT2D eigenvalue weighted by Crippen LogP contribution is 2.28. The molecule has 2 heterocycles. The van der Waals surface area contributed by atoms with Crippen LogP contribution in [0.15, 0.2) is 53.6 Å². The van der Waals surface area contributed by atoms with E-state index >= 15 is 0 Å². The third-order valence-corrected chi connectivity index (χ3v) is 4.43. The van der Waals surface area contributed by atoms with Crippen molar-refractivity contribution in [3.63, 3.8) is 0 Å². The summed E-state index contributed by atoms with van der Waals surface area (Å²) in [5.74, 6) is 0.387. The summed E-state index contributed by atoms with van der Waals surface area (Å²) in [6, 6.07) is 12.9. The molecule has 3 rings (SSSR count). The van der Waals surface area contributed by atoms with Crippen LogP contribution in [0.4, 0.5) is 5.82 Å². The molecule has 2 aromatic heterocycles. The fraction of sp³-hybridized carbons (Fsp3) is 0.118. The average molecular weight is 359 g/mol. The van der Waals surface area contributed by atoms with Gasteiger partial charge in [-0.3, -0.25) is 4.79 Å². The van der Waals surface area contributed by atoms with E-state index in [2.05, 4.69) is 15.4 Å². The van der Waals surface area contributed by atoms with Gasteiger partial charge < -0.3 is 5.32 Å². The van der Waals surface area contributed by atoms with Gasteiger partial charge in [0.25, 0.3) is 5.91 Å². The van der Waals surface area contributed by atoms with E-state index in [1.807, 2.05) is 36.6 Å². The molecule has 0 atom stereocenters. The number of halogens is 1. The van der Waals surface area contributed by atoms with Crippen molar-refractivity contribution in [2.24, 2.45) is 0 Å². The molecule has 1 N–H and O–H groups in total. The van der Waals surface area contributed by atoms with Crippen molar-refractivity contribution in [3.05, 3.63) is 65.1 Å². The van der Waals surface area contributed by atoms with Crippen molar-refractivity contribution in [2.75, 3.05) is 11.6 Å². The summed E-state index contributed by atoms with van der Waals surface area (Å²) in [7, 11) is 0. The Morgan fingerprint density at radius 3 is 2.62 bits per heavy atom. The zero-order valence-corrected chi connectivity index (χ0v) is 14.7. The lowest BCUT2D eigenvalue weighted by molar-refractivity contribution is 0.102. The Bertz CT molecular complexity index is 880. The highest BCUT2D eigenvalue weighted by molar-refractivity contribution is 7.98. The second-order valence-corrected chi connectivity index (χ2v) is 6.27. The van der Waals surface area contributed by atoms with E-state index in [-0.39, 0.29) is 5.91 Å². The summed E-state index contributed by atoms with van der Waals surface area (Å²) in [5.41, 5.74) is 1.93. The fourth-order valence-corrected chi connectivity index (χ4v) is 2.98. The van der Waals surface area contributed by atoms with Crippen molar-refractivity contribution in [1.29, 1.82) is 0 Å². The Morgan fingerprint density at radius 2 is 1.96 bits per heavy atom. The zero-order valence-electron chi connectivity index (χ0n) is 13.2. The molecule has 122 valence electrons. The number of benzene rings is 1. The lowest BCUT2D eigenvalue weighted by Gasteiger charge is -2.11. The fourth-order valence-electron chi connectivity index (χ4n) is 2.31. The van der Waals surface area contributed by atoms with Crippen LogP contribution in [0.3, 0.4) is 0 Å². The zero-order chi connectivity index (χ0) is 17.1. The van der Waals surface area contributed by atoms with Gasteiger partial charge in [-0.15, -0.1) is 11.8 Å². The smallest absolute Gasteiger partial charge is 0.258 e. The molecule has 24 heavy (non-hydrogen) atoms. The third-order valence-electron chi connectivity index (χ3n) is 3.48. The average Bonchev–Trinajstić information content (AvgIpc) is 2.98. The molecule has 3 aromatic rings. The summed E-state index contributed by atoms with van der Waals surface area (Å²) in [6.07, 6.45) is 3.68. The molecule has 0 aliphatic heterocycles. The van der Waals surface area contributed by atoms with Crippen LogP contribution in [0, 0.1) is 6.92 Å². The van der Waals surface area contributed by atoms with Crippen LogP contribution in [0.1, 0.15) is 16.1 Å². The minimum atomic E-state index is -0.246. The Labute approximate surface area is 149 Å². The number of rotatable bonds is 4. The van der Waals surface area contributed by atoms with Crippen molar-refractivity contribution < 1.29 is 4.79 Å². The SMILES string of the molecule is CSc1cnn(-c2ccccc2)c1NC(=O)c1ccc(Cl)nc1C. The number of carbonyl (C=O) groups is 1. The van der Waals surface area contributed by atoms with Crippen molar-refractivity contribution in [2.45, 2.75) is 11.8 Å². The van der Waals surface area contributed by atoms with Crippen LogP contribution >= 0.6 is 23.4 Å². The van der Waals surface area contributed by atoms with Crippen LogP contribution in [0.25, 0.3) is 5.69 Å². The minimum absolute atomic E-state index is 0.246. The molecule has 0 aliphatic rings. The quantitative estimate of drug-likeness (QED) is 0.560. The largest absolute Gasteiger partial charge is 0.305 e. The molecule has 0 fully saturated rings. The highest BCUT2D eigenvalue weighted by atomic mass is 35.5. The predicted molar refractivity (Wildman–Crippen MR) is 97.3 cm³/mol. The number of pyridine rings is 1. The first-order chi connectivity index (χ1) is 11.6. The monoisotopic (exact) mass is 358 g/mol. The maximum Gasteiger partial charge on any atom is 0.258 e. The second kappa shape index (κ2) is 7.07. The van der Waals surface area contributed by atoms with E-state index in [4.69, 9.17) is 11.6 Å². The number of amides is 1. The van der Waals surface area contributed by atoms with Gasteiger partial charge in [0.2, 0.25) is 0 Å². The first-order valence-electron chi connectivity index (χ1n) is 7.22. The molecule has 7 heteroatoms. The van der Waals surface area contributed by atoms with Gasteiger partial charge >= 0.3 is 0 Å². The number of nitrogens with zero attached hydrogens (tertiary/aromatic N) is 3. The Hall–Kier alpha value is -2.31. The molecule has 0 bridgehead atoms. The molecule has 0 radical (unpaired) electrons.